The summed E-state index contributed by atoms with van der Waals surface area (Å²) < 4.78 is 0. The van der Waals surface area contributed by atoms with E-state index in [-0.39, 0.29) is 6.04 Å². The molecule has 0 spiro atoms. The van der Waals surface area contributed by atoms with Crippen molar-refractivity contribution in [1.82, 2.24) is 0 Å². The molecule has 0 unspecified atom stereocenters. The number of hydrogen-bond acceptors (Lipinski definition) is 2. The number of halogens is 1. The van der Waals surface area contributed by atoms with Crippen LogP contribution in [0, 0.1) is 0 Å². The number of benzene rings is 1. The van der Waals surface area contributed by atoms with Gasteiger partial charge in [0.05, 0.1) is 0 Å². The molecular formula is C9H12ClNS. The molecule has 3 heteroatoms. The molecule has 0 aliphatic carbocycles. The van der Waals surface area contributed by atoms with E-state index in [0.717, 1.165) is 10.8 Å². The van der Waals surface area contributed by atoms with E-state index in [1.165, 1.54) is 4.90 Å². The fraction of sp³-hybridized carbons (Fsp3) is 0.333. The average molecular weight is 202 g/mol. The number of hydrogen-bond donors (Lipinski definition) is 1. The van der Waals surface area contributed by atoms with E-state index in [2.05, 4.69) is 0 Å². The molecule has 1 aromatic carbocycles. The Morgan fingerprint density at radius 2 is 2.00 bits per heavy atom. The van der Waals surface area contributed by atoms with Gasteiger partial charge in [-0.15, -0.1) is 11.8 Å². The van der Waals surface area contributed by atoms with Crippen molar-refractivity contribution in [3.05, 3.63) is 29.3 Å². The van der Waals surface area contributed by atoms with E-state index in [9.17, 15) is 0 Å². The van der Waals surface area contributed by atoms with Crippen LogP contribution in [0.1, 0.15) is 6.92 Å². The van der Waals surface area contributed by atoms with Gasteiger partial charge in [-0.1, -0.05) is 11.6 Å². The summed E-state index contributed by atoms with van der Waals surface area (Å²) in [5.41, 5.74) is 5.62. The molecule has 66 valence electrons. The summed E-state index contributed by atoms with van der Waals surface area (Å²) in [5, 5.41) is 0.778. The minimum atomic E-state index is 0.241. The molecule has 0 fully saturated rings. The van der Waals surface area contributed by atoms with Gasteiger partial charge >= 0.3 is 0 Å². The molecule has 0 saturated carbocycles. The van der Waals surface area contributed by atoms with Crippen LogP contribution in [0.4, 0.5) is 0 Å². The van der Waals surface area contributed by atoms with Crippen LogP contribution in [0.2, 0.25) is 5.02 Å². The van der Waals surface area contributed by atoms with E-state index in [4.69, 9.17) is 17.3 Å². The lowest BCUT2D eigenvalue weighted by molar-refractivity contribution is 0.847. The summed E-state index contributed by atoms with van der Waals surface area (Å²) in [6, 6.07) is 8.05. The highest BCUT2D eigenvalue weighted by molar-refractivity contribution is 7.99. The number of thioether (sulfide) groups is 1. The first-order valence-corrected chi connectivity index (χ1v) is 5.19. The van der Waals surface area contributed by atoms with Crippen molar-refractivity contribution in [2.24, 2.45) is 5.73 Å². The maximum atomic E-state index is 5.74. The lowest BCUT2D eigenvalue weighted by Gasteiger charge is -2.03. The number of rotatable bonds is 3. The summed E-state index contributed by atoms with van der Waals surface area (Å²) in [7, 11) is 0. The van der Waals surface area contributed by atoms with Gasteiger partial charge in [0.25, 0.3) is 0 Å². The summed E-state index contributed by atoms with van der Waals surface area (Å²) in [5.74, 6) is 0.946. The first-order valence-electron chi connectivity index (χ1n) is 3.82. The molecule has 2 N–H and O–H groups in total. The Kier molecular flexibility index (Phi) is 3.92. The third-order valence-corrected chi connectivity index (χ3v) is 2.88. The molecule has 0 aliphatic heterocycles. The molecule has 1 atom stereocenters. The molecule has 0 saturated heterocycles. The standard InChI is InChI=1S/C9H12ClNS/c1-7(11)6-12-9-4-2-8(10)3-5-9/h2-5,7H,6,11H2,1H3/t7-/m1/s1. The Hall–Kier alpha value is -0.180. The second-order valence-electron chi connectivity index (χ2n) is 2.74. The van der Waals surface area contributed by atoms with E-state index in [1.54, 1.807) is 11.8 Å². The zero-order valence-electron chi connectivity index (χ0n) is 6.96. The Morgan fingerprint density at radius 3 is 2.50 bits per heavy atom. The molecule has 0 aromatic heterocycles. The average Bonchev–Trinajstić information content (AvgIpc) is 2.03. The van der Waals surface area contributed by atoms with Crippen molar-refractivity contribution in [3.63, 3.8) is 0 Å². The normalized spacial score (nSPS) is 12.9. The topological polar surface area (TPSA) is 26.0 Å². The Balaban J connectivity index is 2.48. The van der Waals surface area contributed by atoms with Crippen LogP contribution in [-0.2, 0) is 0 Å². The second-order valence-corrected chi connectivity index (χ2v) is 4.27. The largest absolute Gasteiger partial charge is 0.327 e. The highest BCUT2D eigenvalue weighted by Crippen LogP contribution is 2.20. The Morgan fingerprint density at radius 1 is 1.42 bits per heavy atom. The molecule has 0 aliphatic rings. The Labute approximate surface area is 82.3 Å². The van der Waals surface area contributed by atoms with Gasteiger partial charge in [-0.05, 0) is 31.2 Å². The Bertz CT molecular complexity index is 233. The molecule has 1 aromatic rings. The van der Waals surface area contributed by atoms with Gasteiger partial charge in [-0.2, -0.15) is 0 Å². The van der Waals surface area contributed by atoms with Gasteiger partial charge in [0.1, 0.15) is 0 Å². The lowest BCUT2D eigenvalue weighted by atomic mass is 10.4. The zero-order chi connectivity index (χ0) is 8.97. The van der Waals surface area contributed by atoms with Gasteiger partial charge in [0.15, 0.2) is 0 Å². The van der Waals surface area contributed by atoms with Gasteiger partial charge in [-0.3, -0.25) is 0 Å². The van der Waals surface area contributed by atoms with Crippen molar-refractivity contribution < 1.29 is 0 Å². The maximum Gasteiger partial charge on any atom is 0.0406 e. The van der Waals surface area contributed by atoms with Crippen LogP contribution < -0.4 is 5.73 Å². The van der Waals surface area contributed by atoms with E-state index < -0.39 is 0 Å². The smallest absolute Gasteiger partial charge is 0.0406 e. The van der Waals surface area contributed by atoms with E-state index in [0.29, 0.717) is 0 Å². The quantitative estimate of drug-likeness (QED) is 0.762. The van der Waals surface area contributed by atoms with Gasteiger partial charge in [0, 0.05) is 21.7 Å². The van der Waals surface area contributed by atoms with Crippen LogP contribution >= 0.6 is 23.4 Å². The molecular weight excluding hydrogens is 190 g/mol. The van der Waals surface area contributed by atoms with Crippen LogP contribution in [-0.4, -0.2) is 11.8 Å². The maximum absolute atomic E-state index is 5.74. The third-order valence-electron chi connectivity index (χ3n) is 1.33. The molecule has 1 rings (SSSR count). The van der Waals surface area contributed by atoms with Crippen molar-refractivity contribution >= 4 is 23.4 Å². The summed E-state index contributed by atoms with van der Waals surface area (Å²) in [6.45, 7) is 2.00. The lowest BCUT2D eigenvalue weighted by Crippen LogP contribution is -2.17. The predicted molar refractivity (Wildman–Crippen MR) is 55.8 cm³/mol. The third kappa shape index (κ3) is 3.48. The fourth-order valence-corrected chi connectivity index (χ4v) is 1.67. The SMILES string of the molecule is C[C@@H](N)CSc1ccc(Cl)cc1. The number of nitrogens with two attached hydrogens (primary N) is 1. The molecule has 0 amide bonds. The highest BCUT2D eigenvalue weighted by atomic mass is 35.5. The van der Waals surface area contributed by atoms with Crippen LogP contribution in [0.15, 0.2) is 29.2 Å². The minimum absolute atomic E-state index is 0.241. The van der Waals surface area contributed by atoms with Crippen molar-refractivity contribution in [1.29, 1.82) is 0 Å². The monoisotopic (exact) mass is 201 g/mol. The van der Waals surface area contributed by atoms with E-state index in [1.807, 2.05) is 31.2 Å². The van der Waals surface area contributed by atoms with E-state index >= 15 is 0 Å². The summed E-state index contributed by atoms with van der Waals surface area (Å²) >= 11 is 7.49. The molecule has 0 bridgehead atoms. The van der Waals surface area contributed by atoms with Crippen molar-refractivity contribution in [2.75, 3.05) is 5.75 Å². The van der Waals surface area contributed by atoms with Gasteiger partial charge < -0.3 is 5.73 Å². The van der Waals surface area contributed by atoms with Gasteiger partial charge in [0.2, 0.25) is 0 Å². The second kappa shape index (κ2) is 4.75. The zero-order valence-corrected chi connectivity index (χ0v) is 8.53. The predicted octanol–water partition coefficient (Wildman–Crippen LogP) is 2.78. The van der Waals surface area contributed by atoms with Crippen LogP contribution in [0.25, 0.3) is 0 Å². The molecule has 1 nitrogen and oxygen atoms in total. The minimum Gasteiger partial charge on any atom is -0.327 e. The first-order chi connectivity index (χ1) is 5.68. The first kappa shape index (κ1) is 9.90. The van der Waals surface area contributed by atoms with Gasteiger partial charge in [-0.25, -0.2) is 0 Å². The molecule has 12 heavy (non-hydrogen) atoms. The summed E-state index contributed by atoms with van der Waals surface area (Å²) in [6.07, 6.45) is 0. The highest BCUT2D eigenvalue weighted by Gasteiger charge is 1.96. The van der Waals surface area contributed by atoms with Crippen molar-refractivity contribution in [2.45, 2.75) is 17.9 Å². The van der Waals surface area contributed by atoms with Crippen LogP contribution in [0.3, 0.4) is 0 Å². The van der Waals surface area contributed by atoms with Crippen LogP contribution in [0.5, 0.6) is 0 Å². The summed E-state index contributed by atoms with van der Waals surface area (Å²) in [4.78, 5) is 1.22. The molecule has 0 heterocycles. The van der Waals surface area contributed by atoms with Crippen molar-refractivity contribution in [3.8, 4) is 0 Å². The fourth-order valence-electron chi connectivity index (χ4n) is 0.758. The molecule has 0 radical (unpaired) electrons.